The van der Waals surface area contributed by atoms with Crippen molar-refractivity contribution >= 4 is 33.5 Å². The van der Waals surface area contributed by atoms with E-state index >= 15 is 0 Å². The van der Waals surface area contributed by atoms with Crippen molar-refractivity contribution in [1.82, 2.24) is 14.5 Å². The van der Waals surface area contributed by atoms with Crippen molar-refractivity contribution in [3.63, 3.8) is 0 Å². The third-order valence-corrected chi connectivity index (χ3v) is 5.72. The molecule has 1 aromatic carbocycles. The van der Waals surface area contributed by atoms with Gasteiger partial charge in [0.2, 0.25) is 5.91 Å². The lowest BCUT2D eigenvalue weighted by atomic mass is 9.96. The van der Waals surface area contributed by atoms with Crippen LogP contribution in [0.4, 0.5) is 0 Å². The summed E-state index contributed by atoms with van der Waals surface area (Å²) in [5.74, 6) is -0.917. The van der Waals surface area contributed by atoms with Crippen LogP contribution in [0.25, 0.3) is 0 Å². The van der Waals surface area contributed by atoms with E-state index in [-0.39, 0.29) is 30.7 Å². The van der Waals surface area contributed by atoms with Crippen LogP contribution in [0, 0.1) is 6.92 Å². The third-order valence-electron chi connectivity index (χ3n) is 3.95. The Morgan fingerprint density at radius 1 is 1.38 bits per heavy atom. The molecule has 1 aliphatic heterocycles. The first-order chi connectivity index (χ1) is 12.2. The summed E-state index contributed by atoms with van der Waals surface area (Å²) < 4.78 is 28.5. The lowest BCUT2D eigenvalue weighted by Crippen LogP contribution is -2.46. The van der Waals surface area contributed by atoms with E-state index in [1.54, 1.807) is 18.2 Å². The van der Waals surface area contributed by atoms with Crippen LogP contribution >= 0.6 is 11.6 Å². The van der Waals surface area contributed by atoms with Crippen molar-refractivity contribution in [3.05, 3.63) is 46.1 Å². The van der Waals surface area contributed by atoms with Crippen molar-refractivity contribution < 1.29 is 23.2 Å². The number of carbonyl (C=O) groups is 2. The first-order valence-corrected chi connectivity index (χ1v) is 9.68. The summed E-state index contributed by atoms with van der Waals surface area (Å²) in [7, 11) is -3.92. The maximum atomic E-state index is 12.5. The molecule has 26 heavy (non-hydrogen) atoms. The fourth-order valence-electron chi connectivity index (χ4n) is 2.61. The van der Waals surface area contributed by atoms with Crippen LogP contribution in [0.15, 0.2) is 30.0 Å². The molecule has 0 saturated heterocycles. The molecule has 8 nitrogen and oxygen atoms in total. The average Bonchev–Trinajstić information content (AvgIpc) is 2.55. The second kappa shape index (κ2) is 8.17. The van der Waals surface area contributed by atoms with Crippen molar-refractivity contribution in [3.8, 4) is 0 Å². The van der Waals surface area contributed by atoms with Crippen molar-refractivity contribution in [2.24, 2.45) is 0 Å². The van der Waals surface area contributed by atoms with E-state index in [0.29, 0.717) is 10.6 Å². The van der Waals surface area contributed by atoms with Crippen LogP contribution in [-0.4, -0.2) is 36.2 Å². The second-order valence-electron chi connectivity index (χ2n) is 5.97. The highest BCUT2D eigenvalue weighted by Crippen LogP contribution is 2.33. The predicted molar refractivity (Wildman–Crippen MR) is 95.6 cm³/mol. The quantitative estimate of drug-likeness (QED) is 0.494. The molecule has 0 spiro atoms. The van der Waals surface area contributed by atoms with Crippen LogP contribution < -0.4 is 10.2 Å². The van der Waals surface area contributed by atoms with Gasteiger partial charge in [0, 0.05) is 29.8 Å². The van der Waals surface area contributed by atoms with Crippen LogP contribution in [-0.2, 0) is 19.8 Å². The van der Waals surface area contributed by atoms with Gasteiger partial charge in [0.15, 0.2) is 5.78 Å². The first kappa shape index (κ1) is 20.4. The number of rotatable bonds is 6. The van der Waals surface area contributed by atoms with E-state index in [2.05, 4.69) is 4.72 Å². The first-order valence-electron chi connectivity index (χ1n) is 7.86. The molecule has 0 fully saturated rings. The van der Waals surface area contributed by atoms with Gasteiger partial charge in [0.1, 0.15) is 0 Å². The molecule has 0 bridgehead atoms. The van der Waals surface area contributed by atoms with Crippen LogP contribution in [0.1, 0.15) is 36.9 Å². The highest BCUT2D eigenvalue weighted by molar-refractivity contribution is 7.87. The van der Waals surface area contributed by atoms with Gasteiger partial charge >= 0.3 is 10.2 Å². The highest BCUT2D eigenvalue weighted by Gasteiger charge is 2.35. The normalized spacial score (nSPS) is 19.0. The minimum absolute atomic E-state index is 0.0200. The van der Waals surface area contributed by atoms with E-state index in [1.165, 1.54) is 18.6 Å². The topological polar surface area (TPSA) is 116 Å². The number of nitrogens with zero attached hydrogens (tertiary/aromatic N) is 1. The molecule has 1 amide bonds. The van der Waals surface area contributed by atoms with Crippen molar-refractivity contribution in [1.29, 1.82) is 0 Å². The van der Waals surface area contributed by atoms with Gasteiger partial charge in [0.25, 0.3) is 0 Å². The van der Waals surface area contributed by atoms with Gasteiger partial charge in [-0.15, -0.1) is 0 Å². The lowest BCUT2D eigenvalue weighted by Gasteiger charge is -2.32. The summed E-state index contributed by atoms with van der Waals surface area (Å²) in [6.45, 7) is 3.18. The number of benzene rings is 1. The SMILES string of the molecule is CC(=O)C1=CN(CCCC(=O)NO)S(=O)(=O)NC1c1ccc(C)cc1Cl. The summed E-state index contributed by atoms with van der Waals surface area (Å²) in [6.07, 6.45) is 1.38. The third kappa shape index (κ3) is 4.61. The van der Waals surface area contributed by atoms with Crippen LogP contribution in [0.3, 0.4) is 0 Å². The fraction of sp³-hybridized carbons (Fsp3) is 0.375. The average molecular weight is 402 g/mol. The van der Waals surface area contributed by atoms with Gasteiger partial charge in [-0.05, 0) is 37.5 Å². The van der Waals surface area contributed by atoms with Crippen LogP contribution in [0.5, 0.6) is 0 Å². The van der Waals surface area contributed by atoms with Crippen LogP contribution in [0.2, 0.25) is 5.02 Å². The molecule has 0 saturated carbocycles. The lowest BCUT2D eigenvalue weighted by molar-refractivity contribution is -0.129. The molecule has 0 radical (unpaired) electrons. The summed E-state index contributed by atoms with van der Waals surface area (Å²) in [6, 6.07) is 4.28. The maximum absolute atomic E-state index is 12.5. The molecule has 1 unspecified atom stereocenters. The Morgan fingerprint density at radius 3 is 2.65 bits per heavy atom. The smallest absolute Gasteiger partial charge is 0.295 e. The monoisotopic (exact) mass is 401 g/mol. The number of ketones is 1. The zero-order valence-electron chi connectivity index (χ0n) is 14.3. The van der Waals surface area contributed by atoms with E-state index in [9.17, 15) is 18.0 Å². The summed E-state index contributed by atoms with van der Waals surface area (Å²) in [4.78, 5) is 23.1. The zero-order chi connectivity index (χ0) is 19.5. The predicted octanol–water partition coefficient (Wildman–Crippen LogP) is 1.60. The van der Waals surface area contributed by atoms with Crippen molar-refractivity contribution in [2.75, 3.05) is 6.54 Å². The largest absolute Gasteiger partial charge is 0.301 e. The van der Waals surface area contributed by atoms with Gasteiger partial charge in [0.05, 0.1) is 6.04 Å². The Kier molecular flexibility index (Phi) is 6.40. The van der Waals surface area contributed by atoms with E-state index < -0.39 is 22.2 Å². The number of aryl methyl sites for hydroxylation is 1. The number of Topliss-reactive ketones (excluding diaryl/α,β-unsaturated/α-hetero) is 1. The Labute approximate surface area is 157 Å². The molecule has 3 N–H and O–H groups in total. The Hall–Kier alpha value is -1.94. The maximum Gasteiger partial charge on any atom is 0.301 e. The number of amides is 1. The molecular weight excluding hydrogens is 382 g/mol. The van der Waals surface area contributed by atoms with Gasteiger partial charge < -0.3 is 0 Å². The van der Waals surface area contributed by atoms with Gasteiger partial charge in [-0.25, -0.2) is 5.48 Å². The Balaban J connectivity index is 2.34. The molecular formula is C16H20ClN3O5S. The number of nitrogens with one attached hydrogen (secondary N) is 2. The van der Waals surface area contributed by atoms with E-state index in [1.807, 2.05) is 6.92 Å². The molecule has 1 aromatic rings. The molecule has 1 aliphatic rings. The molecule has 0 aromatic heterocycles. The van der Waals surface area contributed by atoms with E-state index in [0.717, 1.165) is 9.87 Å². The summed E-state index contributed by atoms with van der Waals surface area (Å²) in [5.41, 5.74) is 3.13. The molecule has 10 heteroatoms. The second-order valence-corrected chi connectivity index (χ2v) is 8.03. The summed E-state index contributed by atoms with van der Waals surface area (Å²) in [5, 5.41) is 8.84. The molecule has 0 aliphatic carbocycles. The van der Waals surface area contributed by atoms with E-state index in [4.69, 9.17) is 16.8 Å². The standard InChI is InChI=1S/C16H20ClN3O5S/c1-10-5-6-12(14(17)8-10)16-13(11(2)21)9-20(26(24,25)19-16)7-3-4-15(22)18-23/h5-6,8-9,16,19,23H,3-4,7H2,1-2H3,(H,18,22). The molecule has 1 atom stereocenters. The molecule has 142 valence electrons. The molecule has 1 heterocycles. The Bertz CT molecular complexity index is 853. The number of hydrogen-bond acceptors (Lipinski definition) is 5. The Morgan fingerprint density at radius 2 is 2.08 bits per heavy atom. The van der Waals surface area contributed by atoms with Gasteiger partial charge in [-0.2, -0.15) is 13.1 Å². The zero-order valence-corrected chi connectivity index (χ0v) is 15.9. The number of hydrogen-bond donors (Lipinski definition) is 3. The number of carbonyl (C=O) groups excluding carboxylic acids is 2. The van der Waals surface area contributed by atoms with Gasteiger partial charge in [-0.3, -0.25) is 19.1 Å². The number of halogens is 1. The summed E-state index contributed by atoms with van der Waals surface area (Å²) >= 11 is 6.24. The minimum atomic E-state index is -3.92. The minimum Gasteiger partial charge on any atom is -0.295 e. The van der Waals surface area contributed by atoms with Gasteiger partial charge in [-0.1, -0.05) is 23.7 Å². The number of hydroxylamine groups is 1. The fourth-order valence-corrected chi connectivity index (χ4v) is 4.26. The molecule has 2 rings (SSSR count). The highest BCUT2D eigenvalue weighted by atomic mass is 35.5. The van der Waals surface area contributed by atoms with Crippen molar-refractivity contribution in [2.45, 2.75) is 32.7 Å².